The second-order valence-corrected chi connectivity index (χ2v) is 13.9. The van der Waals surface area contributed by atoms with Gasteiger partial charge in [-0.15, -0.1) is 10.2 Å². The summed E-state index contributed by atoms with van der Waals surface area (Å²) in [5.41, 5.74) is 3.81. The van der Waals surface area contributed by atoms with Crippen molar-refractivity contribution in [2.75, 3.05) is 4.90 Å². The van der Waals surface area contributed by atoms with E-state index in [1.54, 1.807) is 60.7 Å². The minimum Gasteiger partial charge on any atom is -0.507 e. The van der Waals surface area contributed by atoms with Gasteiger partial charge in [0, 0.05) is 11.3 Å². The fourth-order valence-electron chi connectivity index (χ4n) is 5.63. The summed E-state index contributed by atoms with van der Waals surface area (Å²) in [6, 6.07) is 36.1. The number of rotatable bonds is 11. The van der Waals surface area contributed by atoms with E-state index in [4.69, 9.17) is 9.47 Å². The van der Waals surface area contributed by atoms with Crippen molar-refractivity contribution in [3.63, 3.8) is 0 Å². The zero-order valence-corrected chi connectivity index (χ0v) is 28.9. The maximum atomic E-state index is 13.8. The van der Waals surface area contributed by atoms with Crippen LogP contribution in [0.1, 0.15) is 33.9 Å². The van der Waals surface area contributed by atoms with Crippen LogP contribution in [0.25, 0.3) is 5.76 Å². The highest BCUT2D eigenvalue weighted by Gasteiger charge is 2.48. The molecule has 1 N–H and O–H groups in total. The van der Waals surface area contributed by atoms with Gasteiger partial charge in [0.2, 0.25) is 5.13 Å². The van der Waals surface area contributed by atoms with E-state index in [-0.39, 0.29) is 22.3 Å². The van der Waals surface area contributed by atoms with Crippen LogP contribution in [-0.2, 0) is 21.9 Å². The van der Waals surface area contributed by atoms with Gasteiger partial charge in [-0.2, -0.15) is 0 Å². The van der Waals surface area contributed by atoms with Crippen molar-refractivity contribution in [3.05, 3.63) is 167 Å². The zero-order valence-electron chi connectivity index (χ0n) is 27.2. The Morgan fingerprint density at radius 1 is 0.824 bits per heavy atom. The lowest BCUT2D eigenvalue weighted by molar-refractivity contribution is -0.132. The number of benzene rings is 5. The first kappa shape index (κ1) is 33.7. The normalized spacial score (nSPS) is 15.3. The molecule has 5 aromatic carbocycles. The molecule has 0 aliphatic carbocycles. The summed E-state index contributed by atoms with van der Waals surface area (Å²) in [4.78, 5) is 28.9. The molecule has 254 valence electrons. The molecule has 1 unspecified atom stereocenters. The van der Waals surface area contributed by atoms with E-state index in [1.165, 1.54) is 28.8 Å². The van der Waals surface area contributed by atoms with Gasteiger partial charge in [-0.1, -0.05) is 95.4 Å². The zero-order chi connectivity index (χ0) is 35.3. The number of anilines is 1. The number of carbonyl (C=O) groups excluding carboxylic acids is 2. The number of nitrogens with zero attached hydrogens (tertiary/aromatic N) is 3. The van der Waals surface area contributed by atoms with Crippen LogP contribution >= 0.6 is 23.1 Å². The number of para-hydroxylation sites is 1. The van der Waals surface area contributed by atoms with Crippen LogP contribution in [0.4, 0.5) is 9.52 Å². The number of ketones is 1. The topological polar surface area (TPSA) is 102 Å². The molecule has 8 nitrogen and oxygen atoms in total. The number of amides is 1. The number of hydrogen-bond donors (Lipinski definition) is 1. The second kappa shape index (κ2) is 15.0. The molecule has 0 saturated carbocycles. The number of ether oxygens (including phenoxy) is 2. The minimum atomic E-state index is -1.04. The van der Waals surface area contributed by atoms with Crippen LogP contribution in [0, 0.1) is 12.7 Å². The predicted molar refractivity (Wildman–Crippen MR) is 196 cm³/mol. The van der Waals surface area contributed by atoms with Gasteiger partial charge in [0.1, 0.15) is 35.4 Å². The van der Waals surface area contributed by atoms with Crippen LogP contribution in [0.15, 0.2) is 137 Å². The smallest absolute Gasteiger partial charge is 0.301 e. The fourth-order valence-corrected chi connectivity index (χ4v) is 7.46. The highest BCUT2D eigenvalue weighted by molar-refractivity contribution is 8.00. The average Bonchev–Trinajstić information content (AvgIpc) is 3.72. The minimum absolute atomic E-state index is 0.0963. The number of aryl methyl sites for hydroxylation is 1. The van der Waals surface area contributed by atoms with Crippen LogP contribution in [0.2, 0.25) is 0 Å². The molecule has 11 heteroatoms. The number of aromatic nitrogens is 2. The van der Waals surface area contributed by atoms with Crippen molar-refractivity contribution < 1.29 is 28.6 Å². The van der Waals surface area contributed by atoms with Crippen molar-refractivity contribution in [3.8, 4) is 17.2 Å². The van der Waals surface area contributed by atoms with Crippen LogP contribution in [0.5, 0.6) is 17.2 Å². The lowest BCUT2D eigenvalue weighted by atomic mass is 9.95. The molecule has 7 rings (SSSR count). The van der Waals surface area contributed by atoms with E-state index >= 15 is 0 Å². The Hall–Kier alpha value is -5.78. The summed E-state index contributed by atoms with van der Waals surface area (Å²) in [7, 11) is 0. The molecule has 1 saturated heterocycles. The molecule has 1 amide bonds. The lowest BCUT2D eigenvalue weighted by Crippen LogP contribution is -2.29. The van der Waals surface area contributed by atoms with Crippen molar-refractivity contribution in [1.82, 2.24) is 10.2 Å². The summed E-state index contributed by atoms with van der Waals surface area (Å²) in [6.07, 6.45) is 0. The number of aliphatic hydroxyl groups is 1. The number of aliphatic hydroxyl groups excluding tert-OH is 1. The SMILES string of the molecule is Cc1cccc(COc2ccc(/C(O)=C3\C(=O)C(=O)N(c4nnc(SCc5ccc(F)cc5)s4)C3c3cccc(Oc4ccccc4)c3)cc2)c1. The first-order valence-electron chi connectivity index (χ1n) is 16.0. The molecule has 1 atom stereocenters. The predicted octanol–water partition coefficient (Wildman–Crippen LogP) is 9.28. The van der Waals surface area contributed by atoms with Crippen LogP contribution in [0.3, 0.4) is 0 Å². The highest BCUT2D eigenvalue weighted by atomic mass is 32.2. The van der Waals surface area contributed by atoms with Gasteiger partial charge in [-0.25, -0.2) is 4.39 Å². The number of Topliss-reactive ketones (excluding diaryl/α,β-unsaturated/α-hetero) is 1. The Balaban J connectivity index is 1.21. The molecule has 1 fully saturated rings. The number of thioether (sulfide) groups is 1. The second-order valence-electron chi connectivity index (χ2n) is 11.7. The number of hydrogen-bond acceptors (Lipinski definition) is 9. The van der Waals surface area contributed by atoms with Crippen LogP contribution in [-0.4, -0.2) is 27.0 Å². The third-order valence-corrected chi connectivity index (χ3v) is 10.2. The standard InChI is InChI=1S/C40H30FN3O5S2/c1-25-7-5-8-27(21-25)23-48-31-19-15-28(16-20-31)36(45)34-35(29-9-6-12-33(22-29)49-32-10-3-2-4-11-32)44(38(47)37(34)46)39-42-43-40(51-39)50-24-26-13-17-30(41)18-14-26/h2-22,35,45H,23-24H2,1H3/b36-34+. The largest absolute Gasteiger partial charge is 0.507 e. The number of halogens is 1. The van der Waals surface area contributed by atoms with E-state index in [0.29, 0.717) is 45.1 Å². The van der Waals surface area contributed by atoms with E-state index in [2.05, 4.69) is 10.2 Å². The first-order chi connectivity index (χ1) is 24.8. The van der Waals surface area contributed by atoms with E-state index in [9.17, 15) is 19.1 Å². The van der Waals surface area contributed by atoms with Crippen LogP contribution < -0.4 is 14.4 Å². The molecule has 6 aromatic rings. The Morgan fingerprint density at radius 3 is 2.33 bits per heavy atom. The molecular weight excluding hydrogens is 686 g/mol. The van der Waals surface area contributed by atoms with Gasteiger partial charge < -0.3 is 14.6 Å². The van der Waals surface area contributed by atoms with Gasteiger partial charge in [-0.05, 0) is 84.3 Å². The van der Waals surface area contributed by atoms with E-state index in [1.807, 2.05) is 61.5 Å². The molecule has 2 heterocycles. The Kier molecular flexibility index (Phi) is 9.91. The average molecular weight is 716 g/mol. The fraction of sp³-hybridized carbons (Fsp3) is 0.100. The van der Waals surface area contributed by atoms with Gasteiger partial charge in [0.05, 0.1) is 11.6 Å². The van der Waals surface area contributed by atoms with E-state index < -0.39 is 17.7 Å². The highest BCUT2D eigenvalue weighted by Crippen LogP contribution is 2.45. The maximum Gasteiger partial charge on any atom is 0.301 e. The van der Waals surface area contributed by atoms with Gasteiger partial charge in [0.15, 0.2) is 4.34 Å². The summed E-state index contributed by atoms with van der Waals surface area (Å²) < 4.78 is 26.0. The third kappa shape index (κ3) is 7.69. The van der Waals surface area contributed by atoms with Gasteiger partial charge >= 0.3 is 5.91 Å². The molecule has 0 bridgehead atoms. The van der Waals surface area contributed by atoms with Crippen molar-refractivity contribution in [1.29, 1.82) is 0 Å². The van der Waals surface area contributed by atoms with Gasteiger partial charge in [-0.3, -0.25) is 14.5 Å². The monoisotopic (exact) mass is 715 g/mol. The Morgan fingerprint density at radius 2 is 1.57 bits per heavy atom. The maximum absolute atomic E-state index is 13.8. The first-order valence-corrected chi connectivity index (χ1v) is 17.8. The van der Waals surface area contributed by atoms with Crippen molar-refractivity contribution in [2.45, 2.75) is 29.7 Å². The van der Waals surface area contributed by atoms with Gasteiger partial charge in [0.25, 0.3) is 5.78 Å². The van der Waals surface area contributed by atoms with Crippen molar-refractivity contribution in [2.24, 2.45) is 0 Å². The molecule has 1 aromatic heterocycles. The lowest BCUT2D eigenvalue weighted by Gasteiger charge is -2.23. The summed E-state index contributed by atoms with van der Waals surface area (Å²) in [5.74, 6) is -0.194. The Bertz CT molecular complexity index is 2220. The quantitative estimate of drug-likeness (QED) is 0.0466. The third-order valence-electron chi connectivity index (χ3n) is 8.09. The number of carbonyl (C=O) groups is 2. The molecule has 0 radical (unpaired) electrons. The Labute approximate surface area is 301 Å². The molecule has 51 heavy (non-hydrogen) atoms. The molecule has 1 aliphatic rings. The summed E-state index contributed by atoms with van der Waals surface area (Å²) in [6.45, 7) is 2.38. The van der Waals surface area contributed by atoms with E-state index in [0.717, 1.165) is 28.0 Å². The molecule has 0 spiro atoms. The molecule has 1 aliphatic heterocycles. The van der Waals surface area contributed by atoms with Crippen molar-refractivity contribution >= 4 is 45.7 Å². The summed E-state index contributed by atoms with van der Waals surface area (Å²) in [5, 5.41) is 20.5. The summed E-state index contributed by atoms with van der Waals surface area (Å²) >= 11 is 2.52. The molecular formula is C40H30FN3O5S2.